The molecule has 6 aromatic rings. The zero-order chi connectivity index (χ0) is 28.6. The average Bonchev–Trinajstić information content (AvgIpc) is 3.69. The minimum absolute atomic E-state index is 0.236. The Morgan fingerprint density at radius 3 is 1.60 bits per heavy atom. The molecule has 0 saturated carbocycles. The Kier molecular flexibility index (Phi) is 6.25. The van der Waals surface area contributed by atoms with Crippen molar-refractivity contribution in [2.24, 2.45) is 0 Å². The second-order valence-electron chi connectivity index (χ2n) is 10.6. The van der Waals surface area contributed by atoms with E-state index in [1.54, 1.807) is 30.3 Å². The van der Waals surface area contributed by atoms with Gasteiger partial charge in [0, 0.05) is 46.3 Å². The number of phenolic OH excluding ortho intramolecular Hbond substituents is 3. The van der Waals surface area contributed by atoms with E-state index >= 15 is 0 Å². The Labute approximate surface area is 242 Å². The second kappa shape index (κ2) is 10.4. The maximum atomic E-state index is 9.85. The number of phenols is 3. The standard InChI is InChI=1S/C37H28N2O3/c40-30-9-12-33-26(7-8-27(33)18-30)4-1-23-15-24(2-5-28-21-38-36-19-31(41)10-13-34(28)36)17-25(16-23)3-6-29-22-39-37-20-32(42)11-14-35(29)37/h1-7,9-22,38-42H,8H2. The normalized spacial score (nSPS) is 13.3. The van der Waals surface area contributed by atoms with Gasteiger partial charge >= 0.3 is 0 Å². The van der Waals surface area contributed by atoms with Gasteiger partial charge in [0.25, 0.3) is 0 Å². The van der Waals surface area contributed by atoms with Crippen LogP contribution in [0.1, 0.15) is 38.9 Å². The summed E-state index contributed by atoms with van der Waals surface area (Å²) in [6.07, 6.45) is 19.5. The Morgan fingerprint density at radius 1 is 0.524 bits per heavy atom. The minimum atomic E-state index is 0.236. The van der Waals surface area contributed by atoms with Gasteiger partial charge in [0.15, 0.2) is 0 Å². The van der Waals surface area contributed by atoms with Crippen LogP contribution in [0, 0.1) is 0 Å². The molecule has 204 valence electrons. The molecule has 0 amide bonds. The first-order valence-electron chi connectivity index (χ1n) is 13.8. The van der Waals surface area contributed by atoms with Crippen molar-refractivity contribution in [3.63, 3.8) is 0 Å². The number of fused-ring (bicyclic) bond motifs is 3. The lowest BCUT2D eigenvalue weighted by Gasteiger charge is -2.04. The highest BCUT2D eigenvalue weighted by Gasteiger charge is 2.12. The number of hydrogen-bond donors (Lipinski definition) is 5. The average molecular weight is 549 g/mol. The molecule has 5 heteroatoms. The van der Waals surface area contributed by atoms with Gasteiger partial charge in [-0.1, -0.05) is 48.6 Å². The molecular weight excluding hydrogens is 520 g/mol. The molecule has 0 aliphatic heterocycles. The number of aromatic hydroxyl groups is 3. The largest absolute Gasteiger partial charge is 0.508 e. The fraction of sp³-hybridized carbons (Fsp3) is 0.0270. The quantitative estimate of drug-likeness (QED) is 0.144. The van der Waals surface area contributed by atoms with Crippen molar-refractivity contribution in [1.82, 2.24) is 9.97 Å². The number of H-pyrrole nitrogens is 2. The zero-order valence-corrected chi connectivity index (χ0v) is 22.7. The first-order chi connectivity index (χ1) is 20.5. The number of hydrogen-bond acceptors (Lipinski definition) is 3. The molecule has 0 radical (unpaired) electrons. The van der Waals surface area contributed by atoms with Crippen molar-refractivity contribution in [2.45, 2.75) is 6.42 Å². The SMILES string of the molecule is Oc1ccc2c(c1)CC=C2C=Cc1cc(C=Cc2c[nH]c3cc(O)ccc23)cc(C=Cc2c[nH]c3cc(O)ccc23)c1. The van der Waals surface area contributed by atoms with Gasteiger partial charge in [0.2, 0.25) is 0 Å². The second-order valence-corrected chi connectivity index (χ2v) is 10.6. The third kappa shape index (κ3) is 5.00. The Bertz CT molecular complexity index is 1990. The van der Waals surface area contributed by atoms with Gasteiger partial charge < -0.3 is 25.3 Å². The predicted octanol–water partition coefficient (Wildman–Crippen LogP) is 8.76. The van der Waals surface area contributed by atoms with E-state index in [9.17, 15) is 15.3 Å². The van der Waals surface area contributed by atoms with E-state index in [0.29, 0.717) is 5.75 Å². The highest BCUT2D eigenvalue weighted by molar-refractivity contribution is 5.94. The first kappa shape index (κ1) is 25.3. The molecule has 2 aromatic heterocycles. The lowest BCUT2D eigenvalue weighted by Crippen LogP contribution is -1.84. The van der Waals surface area contributed by atoms with Crippen LogP contribution in [-0.4, -0.2) is 25.3 Å². The van der Waals surface area contributed by atoms with Crippen LogP contribution in [0.2, 0.25) is 0 Å². The van der Waals surface area contributed by atoms with Crippen LogP contribution < -0.4 is 0 Å². The Hall–Kier alpha value is -5.68. The summed E-state index contributed by atoms with van der Waals surface area (Å²) in [5, 5.41) is 31.6. The summed E-state index contributed by atoms with van der Waals surface area (Å²) in [7, 11) is 0. The predicted molar refractivity (Wildman–Crippen MR) is 173 cm³/mol. The molecule has 0 atom stereocenters. The molecule has 1 aliphatic carbocycles. The number of aromatic amines is 2. The molecule has 42 heavy (non-hydrogen) atoms. The number of benzene rings is 4. The van der Waals surface area contributed by atoms with E-state index in [-0.39, 0.29) is 11.5 Å². The van der Waals surface area contributed by atoms with E-state index in [2.05, 4.69) is 70.7 Å². The molecule has 7 rings (SSSR count). The maximum Gasteiger partial charge on any atom is 0.117 e. The number of aromatic nitrogens is 2. The van der Waals surface area contributed by atoms with Crippen LogP contribution in [0.5, 0.6) is 17.2 Å². The topological polar surface area (TPSA) is 92.3 Å². The fourth-order valence-electron chi connectivity index (χ4n) is 5.62. The van der Waals surface area contributed by atoms with Crippen LogP contribution in [-0.2, 0) is 6.42 Å². The van der Waals surface area contributed by atoms with Crippen LogP contribution in [0.3, 0.4) is 0 Å². The number of nitrogens with one attached hydrogen (secondary N) is 2. The Morgan fingerprint density at radius 2 is 1.02 bits per heavy atom. The molecular formula is C37H28N2O3. The lowest BCUT2D eigenvalue weighted by molar-refractivity contribution is 0.474. The van der Waals surface area contributed by atoms with Crippen LogP contribution >= 0.6 is 0 Å². The minimum Gasteiger partial charge on any atom is -0.508 e. The summed E-state index contributed by atoms with van der Waals surface area (Å²) >= 11 is 0. The molecule has 0 unspecified atom stereocenters. The fourth-order valence-corrected chi connectivity index (χ4v) is 5.62. The van der Waals surface area contributed by atoms with Gasteiger partial charge in [-0.2, -0.15) is 0 Å². The third-order valence-electron chi connectivity index (χ3n) is 7.70. The first-order valence-corrected chi connectivity index (χ1v) is 13.8. The van der Waals surface area contributed by atoms with Crippen molar-refractivity contribution in [3.05, 3.63) is 136 Å². The molecule has 2 heterocycles. The van der Waals surface area contributed by atoms with Crippen LogP contribution in [0.4, 0.5) is 0 Å². The summed E-state index contributed by atoms with van der Waals surface area (Å²) in [5.74, 6) is 0.765. The monoisotopic (exact) mass is 548 g/mol. The molecule has 4 aromatic carbocycles. The van der Waals surface area contributed by atoms with E-state index in [1.807, 2.05) is 36.7 Å². The van der Waals surface area contributed by atoms with Crippen molar-refractivity contribution in [3.8, 4) is 17.2 Å². The maximum absolute atomic E-state index is 9.85. The molecule has 0 fully saturated rings. The van der Waals surface area contributed by atoms with E-state index in [0.717, 1.165) is 72.7 Å². The van der Waals surface area contributed by atoms with Gasteiger partial charge in [-0.05, 0) is 106 Å². The zero-order valence-electron chi connectivity index (χ0n) is 22.7. The molecule has 1 aliphatic rings. The van der Waals surface area contributed by atoms with Crippen LogP contribution in [0.25, 0.3) is 57.8 Å². The third-order valence-corrected chi connectivity index (χ3v) is 7.70. The van der Waals surface area contributed by atoms with Crippen molar-refractivity contribution in [2.75, 3.05) is 0 Å². The van der Waals surface area contributed by atoms with Crippen molar-refractivity contribution < 1.29 is 15.3 Å². The van der Waals surface area contributed by atoms with Gasteiger partial charge in [-0.15, -0.1) is 0 Å². The van der Waals surface area contributed by atoms with E-state index < -0.39 is 0 Å². The molecule has 0 saturated heterocycles. The lowest BCUT2D eigenvalue weighted by atomic mass is 10.0. The summed E-state index contributed by atoms with van der Waals surface area (Å²) in [6, 6.07) is 22.7. The summed E-state index contributed by atoms with van der Waals surface area (Å²) in [6.45, 7) is 0. The number of rotatable bonds is 6. The Balaban J connectivity index is 1.24. The smallest absolute Gasteiger partial charge is 0.117 e. The van der Waals surface area contributed by atoms with E-state index in [1.165, 1.54) is 0 Å². The summed E-state index contributed by atoms with van der Waals surface area (Å²) < 4.78 is 0. The summed E-state index contributed by atoms with van der Waals surface area (Å²) in [4.78, 5) is 6.46. The molecule has 5 nitrogen and oxygen atoms in total. The van der Waals surface area contributed by atoms with Crippen molar-refractivity contribution >= 4 is 57.8 Å². The van der Waals surface area contributed by atoms with E-state index in [4.69, 9.17) is 0 Å². The highest BCUT2D eigenvalue weighted by atomic mass is 16.3. The number of allylic oxidation sites excluding steroid dienone is 3. The van der Waals surface area contributed by atoms with Crippen molar-refractivity contribution in [1.29, 1.82) is 0 Å². The van der Waals surface area contributed by atoms with Gasteiger partial charge in [-0.25, -0.2) is 0 Å². The molecule has 0 bridgehead atoms. The molecule has 0 spiro atoms. The highest BCUT2D eigenvalue weighted by Crippen LogP contribution is 2.32. The van der Waals surface area contributed by atoms with Gasteiger partial charge in [0.1, 0.15) is 17.2 Å². The summed E-state index contributed by atoms with van der Waals surface area (Å²) in [5.41, 5.74) is 10.5. The molecule has 5 N–H and O–H groups in total. The van der Waals surface area contributed by atoms with Crippen LogP contribution in [0.15, 0.2) is 97.3 Å². The van der Waals surface area contributed by atoms with Gasteiger partial charge in [-0.3, -0.25) is 0 Å². The van der Waals surface area contributed by atoms with Gasteiger partial charge in [0.05, 0.1) is 0 Å².